The van der Waals surface area contributed by atoms with Crippen LogP contribution in [0.3, 0.4) is 0 Å². The highest BCUT2D eigenvalue weighted by molar-refractivity contribution is 5.96. The van der Waals surface area contributed by atoms with Crippen molar-refractivity contribution in [2.75, 3.05) is 13.1 Å². The van der Waals surface area contributed by atoms with Gasteiger partial charge in [0, 0.05) is 48.9 Å². The molecule has 0 spiro atoms. The molecule has 1 saturated heterocycles. The van der Waals surface area contributed by atoms with E-state index in [0.29, 0.717) is 0 Å². The predicted molar refractivity (Wildman–Crippen MR) is 106 cm³/mol. The van der Waals surface area contributed by atoms with Crippen LogP contribution in [0.1, 0.15) is 17.5 Å². The summed E-state index contributed by atoms with van der Waals surface area (Å²) in [5.41, 5.74) is 3.44. The second-order valence-corrected chi connectivity index (χ2v) is 6.84. The molecule has 2 N–H and O–H groups in total. The van der Waals surface area contributed by atoms with Gasteiger partial charge in [-0.15, -0.1) is 0 Å². The topological polar surface area (TPSA) is 48.1 Å². The molecule has 4 nitrogen and oxygen atoms in total. The minimum Gasteiger partial charge on any atom is -0.361 e. The summed E-state index contributed by atoms with van der Waals surface area (Å²) in [4.78, 5) is 17.9. The molecular formula is C22H23N3O. The van der Waals surface area contributed by atoms with Crippen LogP contribution < -0.4 is 5.32 Å². The number of hydrogen-bond donors (Lipinski definition) is 2. The molecule has 1 amide bonds. The third-order valence-corrected chi connectivity index (χ3v) is 4.90. The molecule has 0 bridgehead atoms. The van der Waals surface area contributed by atoms with Crippen molar-refractivity contribution in [2.24, 2.45) is 0 Å². The number of hydrogen-bond acceptors (Lipinski definition) is 2. The number of amides is 1. The van der Waals surface area contributed by atoms with E-state index >= 15 is 0 Å². The molecule has 4 heteroatoms. The summed E-state index contributed by atoms with van der Waals surface area (Å²) < 4.78 is 0. The number of fused-ring (bicyclic) bond motifs is 1. The predicted octanol–water partition coefficient (Wildman–Crippen LogP) is 3.57. The molecular weight excluding hydrogens is 322 g/mol. The van der Waals surface area contributed by atoms with Crippen LogP contribution in [-0.2, 0) is 11.3 Å². The van der Waals surface area contributed by atoms with Gasteiger partial charge in [0.1, 0.15) is 0 Å². The zero-order valence-corrected chi connectivity index (χ0v) is 14.7. The Morgan fingerprint density at radius 2 is 1.96 bits per heavy atom. The summed E-state index contributed by atoms with van der Waals surface area (Å²) >= 11 is 0. The lowest BCUT2D eigenvalue weighted by atomic mass is 10.1. The molecule has 2 heterocycles. The molecule has 132 valence electrons. The third kappa shape index (κ3) is 3.86. The largest absolute Gasteiger partial charge is 0.361 e. The van der Waals surface area contributed by atoms with Crippen LogP contribution >= 0.6 is 0 Å². The van der Waals surface area contributed by atoms with Gasteiger partial charge in [-0.05, 0) is 29.7 Å². The van der Waals surface area contributed by atoms with Gasteiger partial charge >= 0.3 is 0 Å². The summed E-state index contributed by atoms with van der Waals surface area (Å²) in [5.74, 6) is -0.0261. The zero-order valence-electron chi connectivity index (χ0n) is 14.7. The van der Waals surface area contributed by atoms with Gasteiger partial charge in [-0.25, -0.2) is 0 Å². The highest BCUT2D eigenvalue weighted by atomic mass is 16.1. The van der Waals surface area contributed by atoms with Gasteiger partial charge in [0.2, 0.25) is 5.91 Å². The number of nitrogens with one attached hydrogen (secondary N) is 2. The van der Waals surface area contributed by atoms with Crippen molar-refractivity contribution in [3.8, 4) is 0 Å². The Balaban J connectivity index is 1.31. The molecule has 1 aliphatic heterocycles. The van der Waals surface area contributed by atoms with Crippen LogP contribution in [0, 0.1) is 0 Å². The van der Waals surface area contributed by atoms with Crippen LogP contribution in [0.5, 0.6) is 0 Å². The van der Waals surface area contributed by atoms with E-state index in [1.165, 1.54) is 5.56 Å². The van der Waals surface area contributed by atoms with Gasteiger partial charge in [-0.3, -0.25) is 9.69 Å². The summed E-state index contributed by atoms with van der Waals surface area (Å²) in [6.45, 7) is 2.87. The average Bonchev–Trinajstić information content (AvgIpc) is 3.28. The monoisotopic (exact) mass is 345 g/mol. The number of rotatable bonds is 5. The van der Waals surface area contributed by atoms with Gasteiger partial charge in [-0.2, -0.15) is 0 Å². The molecule has 1 atom stereocenters. The number of H-pyrrole nitrogens is 1. The van der Waals surface area contributed by atoms with Crippen LogP contribution in [0.2, 0.25) is 0 Å². The summed E-state index contributed by atoms with van der Waals surface area (Å²) in [6.07, 6.45) is 6.45. The van der Waals surface area contributed by atoms with Crippen molar-refractivity contribution >= 4 is 22.9 Å². The first kappa shape index (κ1) is 16.6. The lowest BCUT2D eigenvalue weighted by molar-refractivity contribution is -0.117. The van der Waals surface area contributed by atoms with Crippen molar-refractivity contribution in [3.05, 3.63) is 78.0 Å². The third-order valence-electron chi connectivity index (χ3n) is 4.90. The Morgan fingerprint density at radius 3 is 2.85 bits per heavy atom. The fraction of sp³-hybridized carbons (Fsp3) is 0.227. The standard InChI is InChI=1S/C22H23N3O/c26-22(11-10-18-14-23-21-9-5-4-8-20(18)21)24-19-12-13-25(16-19)15-17-6-2-1-3-7-17/h1-11,14,19,23H,12-13,15-16H2,(H,24,26)/b11-10+. The SMILES string of the molecule is O=C(/C=C/c1c[nH]c2ccccc12)NC1CCN(Cc2ccccc2)C1. The molecule has 2 aromatic carbocycles. The van der Waals surface area contributed by atoms with E-state index in [1.54, 1.807) is 6.08 Å². The van der Waals surface area contributed by atoms with Crippen molar-refractivity contribution in [2.45, 2.75) is 19.0 Å². The zero-order chi connectivity index (χ0) is 17.8. The number of carbonyl (C=O) groups is 1. The smallest absolute Gasteiger partial charge is 0.244 e. The maximum atomic E-state index is 12.3. The second-order valence-electron chi connectivity index (χ2n) is 6.84. The van der Waals surface area contributed by atoms with Crippen LogP contribution in [0.15, 0.2) is 66.9 Å². The van der Waals surface area contributed by atoms with Gasteiger partial charge in [-0.1, -0.05) is 48.5 Å². The Kier molecular flexibility index (Phi) is 4.84. The normalized spacial score (nSPS) is 17.9. The maximum absolute atomic E-state index is 12.3. The van der Waals surface area contributed by atoms with Crippen LogP contribution in [-0.4, -0.2) is 34.9 Å². The number of nitrogens with zero attached hydrogens (tertiary/aromatic N) is 1. The number of benzene rings is 2. The molecule has 26 heavy (non-hydrogen) atoms. The molecule has 0 radical (unpaired) electrons. The molecule has 4 rings (SSSR count). The fourth-order valence-corrected chi connectivity index (χ4v) is 3.58. The van der Waals surface area contributed by atoms with Crippen molar-refractivity contribution in [3.63, 3.8) is 0 Å². The highest BCUT2D eigenvalue weighted by Gasteiger charge is 2.23. The average molecular weight is 345 g/mol. The van der Waals surface area contributed by atoms with Gasteiger partial charge in [0.05, 0.1) is 0 Å². The van der Waals surface area contributed by atoms with E-state index in [1.807, 2.05) is 36.5 Å². The van der Waals surface area contributed by atoms with Crippen molar-refractivity contribution in [1.29, 1.82) is 0 Å². The molecule has 1 fully saturated rings. The first-order valence-corrected chi connectivity index (χ1v) is 9.09. The molecule has 1 aromatic heterocycles. The molecule has 3 aromatic rings. The molecule has 0 aliphatic carbocycles. The number of likely N-dealkylation sites (tertiary alicyclic amines) is 1. The Morgan fingerprint density at radius 1 is 1.15 bits per heavy atom. The van der Waals surface area contributed by atoms with E-state index in [4.69, 9.17) is 0 Å². The number of aromatic amines is 1. The van der Waals surface area contributed by atoms with Gasteiger partial charge in [0.15, 0.2) is 0 Å². The first-order valence-electron chi connectivity index (χ1n) is 9.09. The fourth-order valence-electron chi connectivity index (χ4n) is 3.58. The van der Waals surface area contributed by atoms with E-state index < -0.39 is 0 Å². The quantitative estimate of drug-likeness (QED) is 0.695. The minimum atomic E-state index is -0.0261. The van der Waals surface area contributed by atoms with Crippen LogP contribution in [0.4, 0.5) is 0 Å². The molecule has 1 unspecified atom stereocenters. The first-order chi connectivity index (χ1) is 12.8. The summed E-state index contributed by atoms with van der Waals surface area (Å²) in [7, 11) is 0. The van der Waals surface area contributed by atoms with E-state index in [-0.39, 0.29) is 11.9 Å². The Bertz CT molecular complexity index is 913. The number of carbonyl (C=O) groups excluding carboxylic acids is 1. The maximum Gasteiger partial charge on any atom is 0.244 e. The highest BCUT2D eigenvalue weighted by Crippen LogP contribution is 2.19. The van der Waals surface area contributed by atoms with Crippen molar-refractivity contribution < 1.29 is 4.79 Å². The second kappa shape index (κ2) is 7.58. The summed E-state index contributed by atoms with van der Waals surface area (Å²) in [5, 5.41) is 4.26. The molecule has 1 aliphatic rings. The number of para-hydroxylation sites is 1. The minimum absolute atomic E-state index is 0.0261. The van der Waals surface area contributed by atoms with E-state index in [9.17, 15) is 4.79 Å². The molecule has 0 saturated carbocycles. The van der Waals surface area contributed by atoms with E-state index in [0.717, 1.165) is 42.5 Å². The lowest BCUT2D eigenvalue weighted by Crippen LogP contribution is -2.35. The van der Waals surface area contributed by atoms with Gasteiger partial charge in [0.25, 0.3) is 0 Å². The van der Waals surface area contributed by atoms with Crippen molar-refractivity contribution in [1.82, 2.24) is 15.2 Å². The Labute approximate surface area is 153 Å². The Hall–Kier alpha value is -2.85. The van der Waals surface area contributed by atoms with Gasteiger partial charge < -0.3 is 10.3 Å². The summed E-state index contributed by atoms with van der Waals surface area (Å²) in [6, 6.07) is 18.8. The number of aromatic nitrogens is 1. The van der Waals surface area contributed by atoms with E-state index in [2.05, 4.69) is 45.5 Å². The van der Waals surface area contributed by atoms with Crippen LogP contribution in [0.25, 0.3) is 17.0 Å². The lowest BCUT2D eigenvalue weighted by Gasteiger charge is -2.16.